The van der Waals surface area contributed by atoms with Crippen LogP contribution in [0, 0.1) is 5.41 Å². The van der Waals surface area contributed by atoms with E-state index in [4.69, 9.17) is 4.74 Å². The van der Waals surface area contributed by atoms with E-state index in [0.717, 1.165) is 31.3 Å². The minimum Gasteiger partial charge on any atom is -0.459 e. The summed E-state index contributed by atoms with van der Waals surface area (Å²) in [7, 11) is 0. The molecule has 11 heteroatoms. The van der Waals surface area contributed by atoms with Crippen molar-refractivity contribution in [2.45, 2.75) is 256 Å². The van der Waals surface area contributed by atoms with Crippen LogP contribution >= 0.6 is 0 Å². The molecule has 0 aromatic heterocycles. The fraction of sp³-hybridized carbons (Fsp3) is 0.932. The van der Waals surface area contributed by atoms with Crippen LogP contribution in [0.3, 0.4) is 0 Å². The first kappa shape index (κ1) is 51.9. The molecule has 0 radical (unpaired) electrons. The van der Waals surface area contributed by atoms with Crippen LogP contribution in [0.2, 0.25) is 0 Å². The Labute approximate surface area is 333 Å². The Hall–Kier alpha value is -1.15. The van der Waals surface area contributed by atoms with Crippen molar-refractivity contribution in [2.75, 3.05) is 0 Å². The van der Waals surface area contributed by atoms with Gasteiger partial charge >= 0.3 is 5.97 Å². The van der Waals surface area contributed by atoms with Gasteiger partial charge in [-0.05, 0) is 166 Å². The standard InChI is InChI=1S/C44H84O11/c1-32-14-6-5-7-15-37(49)29-38(50)24-10-20-35(47)22-12-26-40(52)31-41(53)30-39(51)25-11-21-34(46)18-8-16-33(45)17-9-19-36(48)23-13-27-42(44(2,3)4)55-43(54)28-32/h28,33-42,45-53H,5-27,29-31H2,1-4H3. The Balaban J connectivity index is 2.67. The summed E-state index contributed by atoms with van der Waals surface area (Å²) in [5.41, 5.74) is 0.692. The van der Waals surface area contributed by atoms with Crippen LogP contribution in [-0.2, 0) is 9.53 Å². The minimum atomic E-state index is -0.844. The van der Waals surface area contributed by atoms with Crippen LogP contribution in [-0.4, -0.2) is 113 Å². The topological polar surface area (TPSA) is 208 Å². The molecule has 10 unspecified atom stereocenters. The molecule has 1 heterocycles. The molecule has 326 valence electrons. The number of carbonyl (C=O) groups excluding carboxylic acids is 1. The Bertz CT molecular complexity index is 985. The van der Waals surface area contributed by atoms with Gasteiger partial charge in [0.25, 0.3) is 0 Å². The van der Waals surface area contributed by atoms with E-state index in [-0.39, 0.29) is 30.3 Å². The van der Waals surface area contributed by atoms with E-state index in [0.29, 0.717) is 128 Å². The van der Waals surface area contributed by atoms with Crippen molar-refractivity contribution in [3.8, 4) is 0 Å². The highest BCUT2D eigenvalue weighted by molar-refractivity contribution is 5.82. The molecular formula is C44H84O11. The summed E-state index contributed by atoms with van der Waals surface area (Å²) in [6.07, 6.45) is 10.6. The van der Waals surface area contributed by atoms with Crippen LogP contribution in [0.15, 0.2) is 11.6 Å². The maximum Gasteiger partial charge on any atom is 0.330 e. The van der Waals surface area contributed by atoms with Crippen molar-refractivity contribution < 1.29 is 55.5 Å². The number of cyclic esters (lactones) is 1. The zero-order valence-corrected chi connectivity index (χ0v) is 35.1. The number of esters is 1. The second-order valence-electron chi connectivity index (χ2n) is 18.1. The number of rotatable bonds is 0. The highest BCUT2D eigenvalue weighted by Crippen LogP contribution is 2.28. The smallest absolute Gasteiger partial charge is 0.330 e. The summed E-state index contributed by atoms with van der Waals surface area (Å²) in [4.78, 5) is 12.8. The Morgan fingerprint density at radius 1 is 0.436 bits per heavy atom. The van der Waals surface area contributed by atoms with E-state index < -0.39 is 54.9 Å². The van der Waals surface area contributed by atoms with Crippen molar-refractivity contribution in [1.82, 2.24) is 0 Å². The highest BCUT2D eigenvalue weighted by Gasteiger charge is 2.28. The highest BCUT2D eigenvalue weighted by atomic mass is 16.5. The first-order valence-corrected chi connectivity index (χ1v) is 21.9. The summed E-state index contributed by atoms with van der Waals surface area (Å²) < 4.78 is 5.89. The van der Waals surface area contributed by atoms with E-state index in [1.165, 1.54) is 0 Å². The van der Waals surface area contributed by atoms with Crippen LogP contribution in [0.5, 0.6) is 0 Å². The Morgan fingerprint density at radius 2 is 0.745 bits per heavy atom. The molecule has 0 aliphatic carbocycles. The van der Waals surface area contributed by atoms with Crippen LogP contribution in [0.1, 0.15) is 195 Å². The second kappa shape index (κ2) is 30.0. The van der Waals surface area contributed by atoms with Crippen molar-refractivity contribution in [3.63, 3.8) is 0 Å². The summed E-state index contributed by atoms with van der Waals surface area (Å²) in [5, 5.41) is 93.8. The molecule has 1 aliphatic heterocycles. The number of carbonyl (C=O) groups is 1. The number of aliphatic hydroxyl groups is 9. The van der Waals surface area contributed by atoms with Crippen LogP contribution in [0.4, 0.5) is 0 Å². The third-order valence-electron chi connectivity index (χ3n) is 11.2. The van der Waals surface area contributed by atoms with Crippen molar-refractivity contribution in [1.29, 1.82) is 0 Å². The molecule has 55 heavy (non-hydrogen) atoms. The molecule has 0 spiro atoms. The van der Waals surface area contributed by atoms with Gasteiger partial charge in [-0.1, -0.05) is 39.2 Å². The fourth-order valence-corrected chi connectivity index (χ4v) is 7.65. The number of ether oxygens (including phenoxy) is 1. The van der Waals surface area contributed by atoms with Gasteiger partial charge < -0.3 is 50.7 Å². The van der Waals surface area contributed by atoms with Gasteiger partial charge in [0.1, 0.15) is 6.10 Å². The van der Waals surface area contributed by atoms with Gasteiger partial charge in [0.05, 0.1) is 54.9 Å². The van der Waals surface area contributed by atoms with Gasteiger partial charge in [-0.25, -0.2) is 4.79 Å². The average molecular weight is 789 g/mol. The number of hydrogen-bond acceptors (Lipinski definition) is 11. The number of aliphatic hydroxyl groups excluding tert-OH is 9. The van der Waals surface area contributed by atoms with E-state index in [9.17, 15) is 50.8 Å². The predicted molar refractivity (Wildman–Crippen MR) is 217 cm³/mol. The molecule has 9 N–H and O–H groups in total. The first-order chi connectivity index (χ1) is 25.9. The van der Waals surface area contributed by atoms with Crippen molar-refractivity contribution >= 4 is 5.97 Å². The summed E-state index contributed by atoms with van der Waals surface area (Å²) in [5.74, 6) is -0.352. The molecule has 1 rings (SSSR count). The molecule has 0 fully saturated rings. The Morgan fingerprint density at radius 3 is 1.11 bits per heavy atom. The fourth-order valence-electron chi connectivity index (χ4n) is 7.65. The van der Waals surface area contributed by atoms with Gasteiger partial charge in [0, 0.05) is 6.08 Å². The third-order valence-corrected chi connectivity index (χ3v) is 11.2. The van der Waals surface area contributed by atoms with E-state index >= 15 is 0 Å². The predicted octanol–water partition coefficient (Wildman–Crippen LogP) is 6.29. The largest absolute Gasteiger partial charge is 0.459 e. The monoisotopic (exact) mass is 789 g/mol. The van der Waals surface area contributed by atoms with Crippen molar-refractivity contribution in [2.24, 2.45) is 5.41 Å². The lowest BCUT2D eigenvalue weighted by Crippen LogP contribution is -2.31. The lowest BCUT2D eigenvalue weighted by Gasteiger charge is -2.30. The molecule has 0 aromatic carbocycles. The Kier molecular flexibility index (Phi) is 28.3. The molecule has 0 aromatic rings. The summed E-state index contributed by atoms with van der Waals surface area (Å²) >= 11 is 0. The lowest BCUT2D eigenvalue weighted by atomic mass is 9.85. The zero-order chi connectivity index (χ0) is 41.2. The van der Waals surface area contributed by atoms with E-state index in [2.05, 4.69) is 0 Å². The molecule has 10 atom stereocenters. The second-order valence-corrected chi connectivity index (χ2v) is 18.1. The van der Waals surface area contributed by atoms with Gasteiger partial charge in [-0.3, -0.25) is 0 Å². The van der Waals surface area contributed by atoms with Gasteiger partial charge in [-0.2, -0.15) is 0 Å². The number of allylic oxidation sites excluding steroid dienone is 1. The van der Waals surface area contributed by atoms with Crippen LogP contribution < -0.4 is 0 Å². The molecule has 11 nitrogen and oxygen atoms in total. The first-order valence-electron chi connectivity index (χ1n) is 21.9. The van der Waals surface area contributed by atoms with Gasteiger partial charge in [-0.15, -0.1) is 0 Å². The van der Waals surface area contributed by atoms with Gasteiger partial charge in [0.15, 0.2) is 0 Å². The molecule has 0 saturated heterocycles. The quantitative estimate of drug-likeness (QED) is 0.125. The molecule has 0 amide bonds. The van der Waals surface area contributed by atoms with Crippen LogP contribution in [0.25, 0.3) is 0 Å². The SMILES string of the molecule is CC1=CC(=O)OC(C(C)(C)C)CCCC(O)CCCC(O)CCCC(O)CCCC(O)CC(O)CC(O)CCCC(O)CCCC(O)CC(O)CCCCC1. The maximum absolute atomic E-state index is 12.8. The van der Waals surface area contributed by atoms with E-state index in [1.54, 1.807) is 6.08 Å². The van der Waals surface area contributed by atoms with E-state index in [1.807, 2.05) is 27.7 Å². The average Bonchev–Trinajstić information content (AvgIpc) is 3.06. The van der Waals surface area contributed by atoms with Gasteiger partial charge in [0.2, 0.25) is 0 Å². The third kappa shape index (κ3) is 28.8. The zero-order valence-electron chi connectivity index (χ0n) is 35.1. The lowest BCUT2D eigenvalue weighted by molar-refractivity contribution is -0.149. The maximum atomic E-state index is 12.8. The molecule has 0 saturated carbocycles. The van der Waals surface area contributed by atoms with Crippen molar-refractivity contribution in [3.05, 3.63) is 11.6 Å². The summed E-state index contributed by atoms with van der Waals surface area (Å²) in [6, 6.07) is 0. The molecule has 0 bridgehead atoms. The number of hydrogen-bond donors (Lipinski definition) is 9. The normalized spacial score (nSPS) is 34.5. The molecule has 1 aliphatic rings. The summed E-state index contributed by atoms with van der Waals surface area (Å²) in [6.45, 7) is 8.06. The molecular weight excluding hydrogens is 704 g/mol. The minimum absolute atomic E-state index is 0.149.